The van der Waals surface area contributed by atoms with Gasteiger partial charge < -0.3 is 10.6 Å². The molecule has 0 aliphatic rings. The number of nitrogens with one attached hydrogen (secondary N) is 2. The van der Waals surface area contributed by atoms with Crippen molar-refractivity contribution in [3.63, 3.8) is 0 Å². The van der Waals surface area contributed by atoms with E-state index in [-0.39, 0.29) is 6.03 Å². The van der Waals surface area contributed by atoms with Crippen LogP contribution in [0, 0.1) is 0 Å². The Morgan fingerprint density at radius 2 is 1.83 bits per heavy atom. The van der Waals surface area contributed by atoms with Crippen LogP contribution in [0.15, 0.2) is 53.7 Å². The molecule has 0 unspecified atom stereocenters. The van der Waals surface area contributed by atoms with Crippen molar-refractivity contribution >= 4 is 29.2 Å². The summed E-state index contributed by atoms with van der Waals surface area (Å²) in [5.41, 5.74) is 1.42. The number of benzene rings is 1. The quantitative estimate of drug-likeness (QED) is 0.830. The Morgan fingerprint density at radius 3 is 2.44 bits per heavy atom. The predicted molar refractivity (Wildman–Crippen MR) is 75.1 cm³/mol. The molecular weight excluding hydrogens is 246 g/mol. The van der Waals surface area contributed by atoms with Crippen LogP contribution in [-0.4, -0.2) is 17.3 Å². The van der Waals surface area contributed by atoms with Crippen LogP contribution in [0.4, 0.5) is 16.2 Å². The standard InChI is InChI=1S/C13H13N3OS/c1-18-12-6-4-10(5-7-12)15-13(17)16-11-3-2-8-14-9-11/h2-9H,1H3,(H2,15,16,17). The van der Waals surface area contributed by atoms with Gasteiger partial charge in [-0.15, -0.1) is 11.8 Å². The number of nitrogens with zero attached hydrogens (tertiary/aromatic N) is 1. The summed E-state index contributed by atoms with van der Waals surface area (Å²) in [6, 6.07) is 10.9. The van der Waals surface area contributed by atoms with Gasteiger partial charge in [0.1, 0.15) is 0 Å². The van der Waals surface area contributed by atoms with Gasteiger partial charge >= 0.3 is 6.03 Å². The first-order valence-electron chi connectivity index (χ1n) is 5.40. The van der Waals surface area contributed by atoms with Crippen molar-refractivity contribution < 1.29 is 4.79 Å². The fraction of sp³-hybridized carbons (Fsp3) is 0.0769. The highest BCUT2D eigenvalue weighted by molar-refractivity contribution is 7.98. The van der Waals surface area contributed by atoms with Gasteiger partial charge in [-0.05, 0) is 42.7 Å². The van der Waals surface area contributed by atoms with Crippen LogP contribution in [-0.2, 0) is 0 Å². The average Bonchev–Trinajstić information content (AvgIpc) is 2.40. The normalized spacial score (nSPS) is 9.83. The number of rotatable bonds is 3. The van der Waals surface area contributed by atoms with Crippen molar-refractivity contribution in [3.05, 3.63) is 48.8 Å². The van der Waals surface area contributed by atoms with E-state index in [0.29, 0.717) is 5.69 Å². The van der Waals surface area contributed by atoms with Gasteiger partial charge in [0.25, 0.3) is 0 Å². The zero-order valence-corrected chi connectivity index (χ0v) is 10.7. The second-order valence-electron chi connectivity index (χ2n) is 3.55. The van der Waals surface area contributed by atoms with Crippen molar-refractivity contribution in [1.29, 1.82) is 0 Å². The molecule has 92 valence electrons. The molecule has 0 fully saturated rings. The lowest BCUT2D eigenvalue weighted by atomic mass is 10.3. The highest BCUT2D eigenvalue weighted by Crippen LogP contribution is 2.17. The summed E-state index contributed by atoms with van der Waals surface area (Å²) in [5, 5.41) is 5.46. The molecule has 0 aliphatic heterocycles. The molecule has 1 aromatic heterocycles. The zero-order chi connectivity index (χ0) is 12.8. The van der Waals surface area contributed by atoms with Crippen LogP contribution >= 0.6 is 11.8 Å². The number of hydrogen-bond donors (Lipinski definition) is 2. The molecule has 0 spiro atoms. The van der Waals surface area contributed by atoms with Gasteiger partial charge in [0.2, 0.25) is 0 Å². The number of amides is 2. The molecule has 18 heavy (non-hydrogen) atoms. The minimum Gasteiger partial charge on any atom is -0.308 e. The molecule has 2 N–H and O–H groups in total. The van der Waals surface area contributed by atoms with Crippen LogP contribution in [0.25, 0.3) is 0 Å². The first-order chi connectivity index (χ1) is 8.78. The van der Waals surface area contributed by atoms with E-state index in [1.54, 1.807) is 36.3 Å². The minimum atomic E-state index is -0.278. The summed E-state index contributed by atoms with van der Waals surface area (Å²) >= 11 is 1.66. The molecule has 2 amide bonds. The Morgan fingerprint density at radius 1 is 1.11 bits per heavy atom. The summed E-state index contributed by atoms with van der Waals surface area (Å²) in [4.78, 5) is 16.8. The van der Waals surface area contributed by atoms with Crippen molar-refractivity contribution in [3.8, 4) is 0 Å². The second-order valence-corrected chi connectivity index (χ2v) is 4.43. The number of urea groups is 1. The maximum Gasteiger partial charge on any atom is 0.323 e. The highest BCUT2D eigenvalue weighted by Gasteiger charge is 2.02. The van der Waals surface area contributed by atoms with E-state index in [4.69, 9.17) is 0 Å². The van der Waals surface area contributed by atoms with Crippen molar-refractivity contribution in [2.45, 2.75) is 4.90 Å². The van der Waals surface area contributed by atoms with E-state index in [2.05, 4.69) is 15.6 Å². The summed E-state index contributed by atoms with van der Waals surface area (Å²) in [6.45, 7) is 0. The number of aromatic nitrogens is 1. The van der Waals surface area contributed by atoms with E-state index in [1.165, 1.54) is 0 Å². The summed E-state index contributed by atoms with van der Waals surface area (Å²) in [5.74, 6) is 0. The SMILES string of the molecule is CSc1ccc(NC(=O)Nc2cccnc2)cc1. The maximum absolute atomic E-state index is 11.7. The van der Waals surface area contributed by atoms with Gasteiger partial charge in [0.15, 0.2) is 0 Å². The summed E-state index contributed by atoms with van der Waals surface area (Å²) in [6.07, 6.45) is 5.26. The van der Waals surface area contributed by atoms with Gasteiger partial charge in [0, 0.05) is 16.8 Å². The fourth-order valence-corrected chi connectivity index (χ4v) is 1.81. The number of carbonyl (C=O) groups is 1. The molecule has 0 aliphatic carbocycles. The first-order valence-corrected chi connectivity index (χ1v) is 6.62. The summed E-state index contributed by atoms with van der Waals surface area (Å²) in [7, 11) is 0. The first kappa shape index (κ1) is 12.4. The minimum absolute atomic E-state index is 0.278. The van der Waals surface area contributed by atoms with E-state index < -0.39 is 0 Å². The largest absolute Gasteiger partial charge is 0.323 e. The van der Waals surface area contributed by atoms with E-state index in [1.807, 2.05) is 30.5 Å². The molecule has 0 radical (unpaired) electrons. The topological polar surface area (TPSA) is 54.0 Å². The molecule has 0 atom stereocenters. The Kier molecular flexibility index (Phi) is 4.20. The maximum atomic E-state index is 11.7. The second kappa shape index (κ2) is 6.07. The lowest BCUT2D eigenvalue weighted by Crippen LogP contribution is -2.19. The van der Waals surface area contributed by atoms with Crippen molar-refractivity contribution in [1.82, 2.24) is 4.98 Å². The molecule has 0 saturated carbocycles. The molecule has 0 bridgehead atoms. The lowest BCUT2D eigenvalue weighted by Gasteiger charge is -2.07. The smallest absolute Gasteiger partial charge is 0.308 e. The van der Waals surface area contributed by atoms with E-state index >= 15 is 0 Å². The molecule has 2 aromatic rings. The van der Waals surface area contributed by atoms with Crippen molar-refractivity contribution in [2.75, 3.05) is 16.9 Å². The molecular formula is C13H13N3OS. The van der Waals surface area contributed by atoms with Gasteiger partial charge in [0.05, 0.1) is 11.9 Å². The fourth-order valence-electron chi connectivity index (χ4n) is 1.40. The number of hydrogen-bond acceptors (Lipinski definition) is 3. The third-order valence-corrected chi connectivity index (χ3v) is 3.01. The molecule has 5 heteroatoms. The third kappa shape index (κ3) is 3.49. The highest BCUT2D eigenvalue weighted by atomic mass is 32.2. The van der Waals surface area contributed by atoms with E-state index in [9.17, 15) is 4.79 Å². The van der Waals surface area contributed by atoms with Gasteiger partial charge in [-0.2, -0.15) is 0 Å². The molecule has 1 aromatic carbocycles. The van der Waals surface area contributed by atoms with Crippen LogP contribution in [0.1, 0.15) is 0 Å². The molecule has 2 rings (SSSR count). The Hall–Kier alpha value is -2.01. The third-order valence-electron chi connectivity index (χ3n) is 2.27. The zero-order valence-electron chi connectivity index (χ0n) is 9.88. The van der Waals surface area contributed by atoms with Crippen LogP contribution in [0.2, 0.25) is 0 Å². The van der Waals surface area contributed by atoms with Gasteiger partial charge in [-0.25, -0.2) is 4.79 Å². The van der Waals surface area contributed by atoms with Crippen molar-refractivity contribution in [2.24, 2.45) is 0 Å². The Balaban J connectivity index is 1.94. The van der Waals surface area contributed by atoms with Gasteiger partial charge in [-0.1, -0.05) is 0 Å². The van der Waals surface area contributed by atoms with Gasteiger partial charge in [-0.3, -0.25) is 4.98 Å². The number of pyridine rings is 1. The van der Waals surface area contributed by atoms with Crippen LogP contribution in [0.5, 0.6) is 0 Å². The number of anilines is 2. The molecule has 0 saturated heterocycles. The summed E-state index contributed by atoms with van der Waals surface area (Å²) < 4.78 is 0. The lowest BCUT2D eigenvalue weighted by molar-refractivity contribution is 0.262. The monoisotopic (exact) mass is 259 g/mol. The molecule has 4 nitrogen and oxygen atoms in total. The Bertz CT molecular complexity index is 514. The van der Waals surface area contributed by atoms with E-state index in [0.717, 1.165) is 10.6 Å². The Labute approximate surface area is 110 Å². The predicted octanol–water partition coefficient (Wildman–Crippen LogP) is 3.45. The number of carbonyl (C=O) groups excluding carboxylic acids is 1. The van der Waals surface area contributed by atoms with Crippen LogP contribution < -0.4 is 10.6 Å². The molecule has 1 heterocycles. The van der Waals surface area contributed by atoms with Crippen LogP contribution in [0.3, 0.4) is 0 Å². The number of thioether (sulfide) groups is 1. The average molecular weight is 259 g/mol.